The van der Waals surface area contributed by atoms with Crippen LogP contribution in [0.4, 0.5) is 4.79 Å². The zero-order valence-electron chi connectivity index (χ0n) is 19.7. The maximum Gasteiger partial charge on any atom is 0.315 e. The van der Waals surface area contributed by atoms with Crippen LogP contribution in [0.5, 0.6) is 5.75 Å². The van der Waals surface area contributed by atoms with Crippen LogP contribution in [-0.2, 0) is 16.0 Å². The second-order valence-electron chi connectivity index (χ2n) is 8.61. The van der Waals surface area contributed by atoms with Gasteiger partial charge in [0.1, 0.15) is 11.6 Å². The van der Waals surface area contributed by atoms with Crippen molar-refractivity contribution in [2.24, 2.45) is 5.92 Å². The first-order valence-corrected chi connectivity index (χ1v) is 11.9. The van der Waals surface area contributed by atoms with Crippen molar-refractivity contribution in [1.29, 1.82) is 0 Å². The molecule has 3 N–H and O–H groups in total. The number of ether oxygens (including phenoxy) is 2. The van der Waals surface area contributed by atoms with Crippen LogP contribution < -0.4 is 15.4 Å². The number of urea groups is 1. The fraction of sp³-hybridized carbons (Fsp3) is 0.423. The van der Waals surface area contributed by atoms with Gasteiger partial charge < -0.3 is 25.1 Å². The van der Waals surface area contributed by atoms with Gasteiger partial charge in [0.25, 0.3) is 0 Å². The minimum Gasteiger partial charge on any atom is -0.497 e. The normalized spacial score (nSPS) is 18.8. The number of nitrogens with zero attached hydrogens (tertiary/aromatic N) is 1. The Balaban J connectivity index is 1.51. The Morgan fingerprint density at radius 2 is 1.88 bits per heavy atom. The molecule has 0 radical (unpaired) electrons. The molecule has 1 aliphatic rings. The van der Waals surface area contributed by atoms with Crippen LogP contribution in [0.1, 0.15) is 50.0 Å². The molecule has 1 heterocycles. The number of para-hydroxylation sites is 2. The van der Waals surface area contributed by atoms with Crippen LogP contribution in [0.3, 0.4) is 0 Å². The Labute approximate surface area is 199 Å². The Bertz CT molecular complexity index is 1080. The number of hydrogen-bond donors (Lipinski definition) is 3. The molecular weight excluding hydrogens is 432 g/mol. The molecule has 1 unspecified atom stereocenters. The SMILES string of the molecule is CCOC(=O)[C@@H]1CCCCC1NC(=O)N[C@H](Cc1ccc(OC)cc1)c1nc2ccccc2[nH]1. The van der Waals surface area contributed by atoms with Crippen molar-refractivity contribution in [1.82, 2.24) is 20.6 Å². The Hall–Kier alpha value is -3.55. The van der Waals surface area contributed by atoms with Gasteiger partial charge in [0.05, 0.1) is 36.7 Å². The molecule has 2 aromatic carbocycles. The number of aromatic nitrogens is 2. The van der Waals surface area contributed by atoms with Crippen molar-refractivity contribution in [2.75, 3.05) is 13.7 Å². The topological polar surface area (TPSA) is 105 Å². The molecule has 0 saturated heterocycles. The van der Waals surface area contributed by atoms with E-state index < -0.39 is 0 Å². The van der Waals surface area contributed by atoms with Crippen LogP contribution in [0.15, 0.2) is 48.5 Å². The Kier molecular flexibility index (Phi) is 7.67. The van der Waals surface area contributed by atoms with Crippen LogP contribution in [-0.4, -0.2) is 41.7 Å². The van der Waals surface area contributed by atoms with Gasteiger partial charge in [-0.25, -0.2) is 9.78 Å². The van der Waals surface area contributed by atoms with Gasteiger partial charge in [-0.15, -0.1) is 0 Å². The van der Waals surface area contributed by atoms with Crippen molar-refractivity contribution >= 4 is 23.0 Å². The fourth-order valence-electron chi connectivity index (χ4n) is 4.55. The van der Waals surface area contributed by atoms with Crippen molar-refractivity contribution in [3.05, 3.63) is 59.9 Å². The molecule has 3 atom stereocenters. The molecule has 0 bridgehead atoms. The minimum absolute atomic E-state index is 0.237. The molecule has 8 nitrogen and oxygen atoms in total. The molecule has 180 valence electrons. The lowest BCUT2D eigenvalue weighted by Gasteiger charge is -2.31. The van der Waals surface area contributed by atoms with Crippen LogP contribution in [0, 0.1) is 5.92 Å². The number of hydrogen-bond acceptors (Lipinski definition) is 5. The number of esters is 1. The van der Waals surface area contributed by atoms with E-state index in [1.807, 2.05) is 48.5 Å². The van der Waals surface area contributed by atoms with Gasteiger partial charge in [0, 0.05) is 6.04 Å². The predicted octanol–water partition coefficient (Wildman–Crippen LogP) is 4.28. The molecule has 0 aliphatic heterocycles. The van der Waals surface area contributed by atoms with Crippen molar-refractivity contribution in [3.8, 4) is 5.75 Å². The molecule has 3 aromatic rings. The van der Waals surface area contributed by atoms with E-state index in [0.717, 1.165) is 48.0 Å². The van der Waals surface area contributed by atoms with Gasteiger partial charge in [0.15, 0.2) is 0 Å². The number of methoxy groups -OCH3 is 1. The number of benzene rings is 2. The molecule has 34 heavy (non-hydrogen) atoms. The molecule has 8 heteroatoms. The molecule has 1 fully saturated rings. The van der Waals surface area contributed by atoms with Gasteiger partial charge in [-0.05, 0) is 56.0 Å². The number of rotatable bonds is 8. The third-order valence-electron chi connectivity index (χ3n) is 6.31. The summed E-state index contributed by atoms with van der Waals surface area (Å²) in [6.45, 7) is 2.14. The van der Waals surface area contributed by atoms with E-state index in [2.05, 4.69) is 15.6 Å². The number of carbonyl (C=O) groups excluding carboxylic acids is 2. The maximum atomic E-state index is 13.1. The minimum atomic E-state index is -0.384. The molecule has 1 aliphatic carbocycles. The summed E-state index contributed by atoms with van der Waals surface area (Å²) in [6.07, 6.45) is 3.96. The highest BCUT2D eigenvalue weighted by Crippen LogP contribution is 2.26. The fourth-order valence-corrected chi connectivity index (χ4v) is 4.55. The van der Waals surface area contributed by atoms with Gasteiger partial charge >= 0.3 is 12.0 Å². The van der Waals surface area contributed by atoms with E-state index in [4.69, 9.17) is 14.5 Å². The average Bonchev–Trinajstić information content (AvgIpc) is 3.29. The Morgan fingerprint density at radius 1 is 1.12 bits per heavy atom. The van der Waals surface area contributed by atoms with Crippen molar-refractivity contribution < 1.29 is 19.1 Å². The summed E-state index contributed by atoms with van der Waals surface area (Å²) in [5.41, 5.74) is 2.79. The Morgan fingerprint density at radius 3 is 2.62 bits per heavy atom. The summed E-state index contributed by atoms with van der Waals surface area (Å²) in [5, 5.41) is 6.12. The highest BCUT2D eigenvalue weighted by atomic mass is 16.5. The first-order valence-electron chi connectivity index (χ1n) is 11.9. The third kappa shape index (κ3) is 5.68. The number of fused-ring (bicyclic) bond motifs is 1. The molecular formula is C26H32N4O4. The van der Waals surface area contributed by atoms with Gasteiger partial charge in [0.2, 0.25) is 0 Å². The second-order valence-corrected chi connectivity index (χ2v) is 8.61. The maximum absolute atomic E-state index is 13.1. The van der Waals surface area contributed by atoms with Gasteiger partial charge in [-0.3, -0.25) is 4.79 Å². The molecule has 1 saturated carbocycles. The van der Waals surface area contributed by atoms with E-state index >= 15 is 0 Å². The molecule has 2 amide bonds. The predicted molar refractivity (Wildman–Crippen MR) is 130 cm³/mol. The first kappa shape index (κ1) is 23.6. The second kappa shape index (κ2) is 11.0. The zero-order valence-corrected chi connectivity index (χ0v) is 19.7. The number of aromatic amines is 1. The quantitative estimate of drug-likeness (QED) is 0.432. The van der Waals surface area contributed by atoms with Crippen LogP contribution in [0.25, 0.3) is 11.0 Å². The highest BCUT2D eigenvalue weighted by molar-refractivity contribution is 5.78. The lowest BCUT2D eigenvalue weighted by molar-refractivity contribution is -0.149. The summed E-state index contributed by atoms with van der Waals surface area (Å²) in [5.74, 6) is 0.903. The monoisotopic (exact) mass is 464 g/mol. The third-order valence-corrected chi connectivity index (χ3v) is 6.31. The molecule has 4 rings (SSSR count). The lowest BCUT2D eigenvalue weighted by Crippen LogP contribution is -2.50. The zero-order chi connectivity index (χ0) is 23.9. The van der Waals surface area contributed by atoms with Crippen LogP contribution in [0.2, 0.25) is 0 Å². The standard InChI is InChI=1S/C26H32N4O4/c1-3-34-25(31)19-8-4-5-9-20(19)29-26(32)30-23(16-17-12-14-18(33-2)15-13-17)24-27-21-10-6-7-11-22(21)28-24/h6-7,10-15,19-20,23H,3-5,8-9,16H2,1-2H3,(H,27,28)(H2,29,30,32)/t19-,20?,23-/m1/s1. The lowest BCUT2D eigenvalue weighted by atomic mass is 9.84. The van der Waals surface area contributed by atoms with Crippen LogP contribution >= 0.6 is 0 Å². The van der Waals surface area contributed by atoms with Crippen molar-refractivity contribution in [2.45, 2.75) is 51.1 Å². The average molecular weight is 465 g/mol. The van der Waals surface area contributed by atoms with Crippen molar-refractivity contribution in [3.63, 3.8) is 0 Å². The number of H-pyrrole nitrogens is 1. The number of nitrogens with one attached hydrogen (secondary N) is 3. The largest absolute Gasteiger partial charge is 0.497 e. The summed E-state index contributed by atoms with van der Waals surface area (Å²) >= 11 is 0. The summed E-state index contributed by atoms with van der Waals surface area (Å²) in [7, 11) is 1.63. The smallest absolute Gasteiger partial charge is 0.315 e. The summed E-state index contributed by atoms with van der Waals surface area (Å²) in [4.78, 5) is 33.6. The molecule has 1 aromatic heterocycles. The molecule has 0 spiro atoms. The van der Waals surface area contributed by atoms with Gasteiger partial charge in [-0.1, -0.05) is 37.1 Å². The van der Waals surface area contributed by atoms with E-state index in [-0.39, 0.29) is 30.0 Å². The number of imidazole rings is 1. The van der Waals surface area contributed by atoms with E-state index in [1.165, 1.54) is 0 Å². The van der Waals surface area contributed by atoms with E-state index in [1.54, 1.807) is 14.0 Å². The highest BCUT2D eigenvalue weighted by Gasteiger charge is 2.33. The van der Waals surface area contributed by atoms with E-state index in [9.17, 15) is 9.59 Å². The summed E-state index contributed by atoms with van der Waals surface area (Å²) < 4.78 is 10.5. The van der Waals surface area contributed by atoms with E-state index in [0.29, 0.717) is 18.9 Å². The number of amides is 2. The first-order chi connectivity index (χ1) is 16.6. The summed E-state index contributed by atoms with van der Waals surface area (Å²) in [6, 6.07) is 14.6. The van der Waals surface area contributed by atoms with Gasteiger partial charge in [-0.2, -0.15) is 0 Å². The number of carbonyl (C=O) groups is 2.